The van der Waals surface area contributed by atoms with Crippen molar-refractivity contribution in [3.63, 3.8) is 0 Å². The highest BCUT2D eigenvalue weighted by Crippen LogP contribution is 2.44. The maximum Gasteiger partial charge on any atom is 0.236 e. The molecule has 1 fully saturated rings. The molecule has 1 aliphatic carbocycles. The molecule has 0 saturated heterocycles. The molecule has 4 aromatic carbocycles. The van der Waals surface area contributed by atoms with Crippen LogP contribution in [0, 0.1) is 5.41 Å². The Hall–Kier alpha value is -3.74. The molecule has 0 aliphatic heterocycles. The van der Waals surface area contributed by atoms with Crippen LogP contribution in [0.4, 0.5) is 0 Å². The first kappa shape index (κ1) is 41.4. The molecule has 2 amide bonds. The Labute approximate surface area is 324 Å². The van der Waals surface area contributed by atoms with Gasteiger partial charge in [-0.2, -0.15) is 0 Å². The Morgan fingerprint density at radius 2 is 0.907 bits per heavy atom. The lowest BCUT2D eigenvalue weighted by molar-refractivity contribution is -0.150. The second-order valence-electron chi connectivity index (χ2n) is 16.2. The van der Waals surface area contributed by atoms with Crippen LogP contribution in [0.5, 0.6) is 0 Å². The maximum absolute atomic E-state index is 15.3. The summed E-state index contributed by atoms with van der Waals surface area (Å²) in [4.78, 5) is 30.5. The quantitative estimate of drug-likeness (QED) is 0.0679. The Bertz CT molecular complexity index is 1660. The van der Waals surface area contributed by atoms with E-state index < -0.39 is 28.7 Å². The summed E-state index contributed by atoms with van der Waals surface area (Å²) < 4.78 is 0. The topological polar surface area (TPSA) is 98.7 Å². The zero-order valence-corrected chi connectivity index (χ0v) is 33.5. The standard InChI is InChI=1S/C48H66N2O4/c1-5-9-32-47(53,33-10-6-2)42(40-28-20-24-36-22-14-16-26-38(36)40)49-44(51)46(30-18-13-19-31-46)45(52)50-43(48(54,34-11-7-3)35-12-8-4)41-29-21-25-37-23-15-17-27-39(37)41/h14-17,20-29,42-43,53-54H,5-13,18-19,30-35H2,1-4H3,(H,49,51)(H,50,52)/t42-,43-/m0/s1. The number of nitrogens with one attached hydrogen (secondary N) is 2. The van der Waals surface area contributed by atoms with Gasteiger partial charge in [0.25, 0.3) is 0 Å². The third-order valence-electron chi connectivity index (χ3n) is 12.3. The highest BCUT2D eigenvalue weighted by atomic mass is 16.3. The van der Waals surface area contributed by atoms with Crippen molar-refractivity contribution in [2.24, 2.45) is 5.41 Å². The summed E-state index contributed by atoms with van der Waals surface area (Å²) in [6.07, 6.45) is 12.5. The Morgan fingerprint density at radius 1 is 0.556 bits per heavy atom. The molecule has 0 spiro atoms. The van der Waals surface area contributed by atoms with Crippen molar-refractivity contribution in [2.45, 2.75) is 160 Å². The molecule has 1 saturated carbocycles. The number of carbonyl (C=O) groups is 2. The van der Waals surface area contributed by atoms with Gasteiger partial charge in [0.2, 0.25) is 11.8 Å². The van der Waals surface area contributed by atoms with Crippen LogP contribution in [-0.4, -0.2) is 33.2 Å². The molecule has 4 aromatic rings. The van der Waals surface area contributed by atoms with Gasteiger partial charge in [-0.25, -0.2) is 0 Å². The van der Waals surface area contributed by atoms with Gasteiger partial charge in [0.1, 0.15) is 5.41 Å². The number of fused-ring (bicyclic) bond motifs is 2. The van der Waals surface area contributed by atoms with E-state index in [0.717, 1.165) is 103 Å². The fourth-order valence-corrected chi connectivity index (χ4v) is 9.02. The number of hydrogen-bond acceptors (Lipinski definition) is 4. The summed E-state index contributed by atoms with van der Waals surface area (Å²) >= 11 is 0. The molecule has 5 rings (SSSR count). The zero-order valence-electron chi connectivity index (χ0n) is 33.5. The van der Waals surface area contributed by atoms with Crippen LogP contribution in [0.1, 0.15) is 160 Å². The van der Waals surface area contributed by atoms with E-state index >= 15 is 9.59 Å². The molecule has 6 heteroatoms. The summed E-state index contributed by atoms with van der Waals surface area (Å²) in [5, 5.41) is 36.4. The summed E-state index contributed by atoms with van der Waals surface area (Å²) in [5.41, 5.74) is -2.00. The van der Waals surface area contributed by atoms with Crippen LogP contribution >= 0.6 is 0 Å². The second kappa shape index (κ2) is 19.2. The number of hydrogen-bond donors (Lipinski definition) is 4. The van der Waals surface area contributed by atoms with Gasteiger partial charge in [-0.1, -0.05) is 183 Å². The average Bonchev–Trinajstić information content (AvgIpc) is 3.21. The van der Waals surface area contributed by atoms with Gasteiger partial charge in [-0.15, -0.1) is 0 Å². The van der Waals surface area contributed by atoms with Gasteiger partial charge in [-0.3, -0.25) is 9.59 Å². The smallest absolute Gasteiger partial charge is 0.236 e. The number of aliphatic hydroxyl groups is 2. The van der Waals surface area contributed by atoms with Gasteiger partial charge in [0, 0.05) is 0 Å². The molecular weight excluding hydrogens is 669 g/mol. The van der Waals surface area contributed by atoms with Gasteiger partial charge >= 0.3 is 0 Å². The fraction of sp³-hybridized carbons (Fsp3) is 0.542. The number of rotatable bonds is 20. The lowest BCUT2D eigenvalue weighted by atomic mass is 9.70. The Balaban J connectivity index is 1.61. The van der Waals surface area contributed by atoms with Gasteiger partial charge in [0.05, 0.1) is 23.3 Å². The SMILES string of the molecule is CCCCC(O)(CCCC)[C@@H](NC(=O)C1(C(=O)N[C@@H](c2cccc3ccccc23)C(O)(CCCC)CCCC)CCCCC1)c1cccc2ccccc12. The molecule has 0 heterocycles. The molecule has 0 unspecified atom stereocenters. The normalized spacial score (nSPS) is 15.9. The molecule has 0 aromatic heterocycles. The lowest BCUT2D eigenvalue weighted by Crippen LogP contribution is -2.58. The Morgan fingerprint density at radius 3 is 1.28 bits per heavy atom. The van der Waals surface area contributed by atoms with Crippen LogP contribution in [0.25, 0.3) is 21.5 Å². The highest BCUT2D eigenvalue weighted by molar-refractivity contribution is 6.06. The summed E-state index contributed by atoms with van der Waals surface area (Å²) in [6.45, 7) is 8.51. The number of unbranched alkanes of at least 4 members (excludes halogenated alkanes) is 4. The van der Waals surface area contributed by atoms with Crippen molar-refractivity contribution < 1.29 is 19.8 Å². The van der Waals surface area contributed by atoms with Crippen LogP contribution < -0.4 is 10.6 Å². The van der Waals surface area contributed by atoms with E-state index in [1.54, 1.807) is 0 Å². The second-order valence-corrected chi connectivity index (χ2v) is 16.2. The first-order valence-electron chi connectivity index (χ1n) is 21.2. The van der Waals surface area contributed by atoms with Crippen molar-refractivity contribution in [1.29, 1.82) is 0 Å². The molecule has 0 radical (unpaired) electrons. The van der Waals surface area contributed by atoms with E-state index in [1.165, 1.54) is 0 Å². The predicted molar refractivity (Wildman–Crippen MR) is 223 cm³/mol. The van der Waals surface area contributed by atoms with Crippen molar-refractivity contribution in [1.82, 2.24) is 10.6 Å². The van der Waals surface area contributed by atoms with E-state index in [-0.39, 0.29) is 11.8 Å². The monoisotopic (exact) mass is 735 g/mol. The largest absolute Gasteiger partial charge is 0.387 e. The average molecular weight is 735 g/mol. The molecule has 1 aliphatic rings. The van der Waals surface area contributed by atoms with E-state index in [1.807, 2.05) is 48.5 Å². The van der Waals surface area contributed by atoms with Crippen LogP contribution in [0.15, 0.2) is 84.9 Å². The van der Waals surface area contributed by atoms with Crippen molar-refractivity contribution in [2.75, 3.05) is 0 Å². The first-order valence-corrected chi connectivity index (χ1v) is 21.2. The Kier molecular flexibility index (Phi) is 14.7. The molecule has 0 bridgehead atoms. The lowest BCUT2D eigenvalue weighted by Gasteiger charge is -2.43. The first-order chi connectivity index (χ1) is 26.2. The van der Waals surface area contributed by atoms with Crippen LogP contribution in [-0.2, 0) is 9.59 Å². The summed E-state index contributed by atoms with van der Waals surface area (Å²) in [7, 11) is 0. The molecule has 4 N–H and O–H groups in total. The molecule has 2 atom stereocenters. The van der Waals surface area contributed by atoms with Crippen LogP contribution in [0.3, 0.4) is 0 Å². The number of amides is 2. The number of carbonyl (C=O) groups excluding carboxylic acids is 2. The predicted octanol–water partition coefficient (Wildman–Crippen LogP) is 11.2. The minimum absolute atomic E-state index is 0.327. The third kappa shape index (κ3) is 9.20. The molecule has 6 nitrogen and oxygen atoms in total. The number of benzene rings is 4. The zero-order chi connectivity index (χ0) is 38.6. The minimum atomic E-state index is -1.35. The molecule has 54 heavy (non-hydrogen) atoms. The third-order valence-corrected chi connectivity index (χ3v) is 12.3. The highest BCUT2D eigenvalue weighted by Gasteiger charge is 2.51. The van der Waals surface area contributed by atoms with E-state index in [9.17, 15) is 10.2 Å². The van der Waals surface area contributed by atoms with Crippen molar-refractivity contribution in [3.05, 3.63) is 96.1 Å². The van der Waals surface area contributed by atoms with Gasteiger partial charge in [0.15, 0.2) is 0 Å². The van der Waals surface area contributed by atoms with Crippen molar-refractivity contribution >= 4 is 33.4 Å². The van der Waals surface area contributed by atoms with E-state index in [2.05, 4.69) is 74.7 Å². The van der Waals surface area contributed by atoms with Crippen molar-refractivity contribution in [3.8, 4) is 0 Å². The fourth-order valence-electron chi connectivity index (χ4n) is 9.02. The van der Waals surface area contributed by atoms with E-state index in [0.29, 0.717) is 38.5 Å². The summed E-state index contributed by atoms with van der Waals surface area (Å²) in [6, 6.07) is 27.1. The van der Waals surface area contributed by atoms with Crippen LogP contribution in [0.2, 0.25) is 0 Å². The molecular formula is C48H66N2O4. The molecule has 292 valence electrons. The van der Waals surface area contributed by atoms with E-state index in [4.69, 9.17) is 0 Å². The van der Waals surface area contributed by atoms with Gasteiger partial charge < -0.3 is 20.8 Å². The summed E-state index contributed by atoms with van der Waals surface area (Å²) in [5.74, 6) is -0.655. The van der Waals surface area contributed by atoms with Gasteiger partial charge in [-0.05, 0) is 71.2 Å². The maximum atomic E-state index is 15.3. The minimum Gasteiger partial charge on any atom is -0.387 e.